The van der Waals surface area contributed by atoms with Gasteiger partial charge in [-0.15, -0.1) is 0 Å². The summed E-state index contributed by atoms with van der Waals surface area (Å²) in [7, 11) is 0. The van der Waals surface area contributed by atoms with E-state index >= 15 is 0 Å². The number of aromatic nitrogens is 1. The first-order valence-corrected chi connectivity index (χ1v) is 6.49. The number of carbonyl (C=O) groups is 1. The van der Waals surface area contributed by atoms with Crippen molar-refractivity contribution in [2.75, 3.05) is 23.8 Å². The second kappa shape index (κ2) is 5.88. The van der Waals surface area contributed by atoms with Gasteiger partial charge in [-0.2, -0.15) is 0 Å². The minimum absolute atomic E-state index is 0.0958. The summed E-state index contributed by atoms with van der Waals surface area (Å²) < 4.78 is 0. The van der Waals surface area contributed by atoms with Crippen LogP contribution in [-0.2, 0) is 0 Å². The zero-order valence-corrected chi connectivity index (χ0v) is 10.7. The lowest BCUT2D eigenvalue weighted by Gasteiger charge is -2.37. The normalized spacial score (nSPS) is 19.4. The van der Waals surface area contributed by atoms with Crippen molar-refractivity contribution in [3.8, 4) is 0 Å². The third kappa shape index (κ3) is 2.96. The van der Waals surface area contributed by atoms with E-state index in [4.69, 9.17) is 10.8 Å². The van der Waals surface area contributed by atoms with Crippen LogP contribution in [0.1, 0.15) is 36.0 Å². The number of aliphatic hydroxyl groups is 1. The lowest BCUT2D eigenvalue weighted by atomic mass is 9.99. The van der Waals surface area contributed by atoms with Crippen LogP contribution in [0.4, 0.5) is 11.5 Å². The van der Waals surface area contributed by atoms with E-state index in [0.29, 0.717) is 17.9 Å². The van der Waals surface area contributed by atoms with Crippen LogP contribution in [0.5, 0.6) is 0 Å². The molecule has 0 aromatic carbocycles. The maximum Gasteiger partial charge on any atom is 0.339 e. The highest BCUT2D eigenvalue weighted by Crippen LogP contribution is 2.28. The van der Waals surface area contributed by atoms with Gasteiger partial charge < -0.3 is 20.8 Å². The molecule has 0 aliphatic carbocycles. The molecule has 1 fully saturated rings. The van der Waals surface area contributed by atoms with Gasteiger partial charge in [-0.1, -0.05) is 0 Å². The van der Waals surface area contributed by atoms with Crippen LogP contribution < -0.4 is 10.6 Å². The van der Waals surface area contributed by atoms with E-state index < -0.39 is 5.97 Å². The van der Waals surface area contributed by atoms with E-state index in [1.165, 1.54) is 12.3 Å². The second-order valence-electron chi connectivity index (χ2n) is 4.80. The van der Waals surface area contributed by atoms with Crippen LogP contribution in [0.3, 0.4) is 0 Å². The topological polar surface area (TPSA) is 99.7 Å². The highest BCUT2D eigenvalue weighted by Gasteiger charge is 2.26. The van der Waals surface area contributed by atoms with Gasteiger partial charge in [-0.3, -0.25) is 0 Å². The maximum absolute atomic E-state index is 11.3. The molecule has 0 saturated carbocycles. The van der Waals surface area contributed by atoms with Gasteiger partial charge in [0.2, 0.25) is 0 Å². The summed E-state index contributed by atoms with van der Waals surface area (Å²) >= 11 is 0. The molecule has 1 atom stereocenters. The number of nitrogen functional groups attached to an aromatic ring is 1. The van der Waals surface area contributed by atoms with Crippen LogP contribution >= 0.6 is 0 Å². The molecule has 1 aromatic rings. The van der Waals surface area contributed by atoms with E-state index in [9.17, 15) is 9.90 Å². The van der Waals surface area contributed by atoms with Gasteiger partial charge >= 0.3 is 5.97 Å². The number of hydrogen-bond donors (Lipinski definition) is 3. The van der Waals surface area contributed by atoms with Gasteiger partial charge in [0.25, 0.3) is 0 Å². The van der Waals surface area contributed by atoms with Gasteiger partial charge in [-0.25, -0.2) is 9.78 Å². The highest BCUT2D eigenvalue weighted by atomic mass is 16.4. The van der Waals surface area contributed by atoms with Crippen molar-refractivity contribution < 1.29 is 15.0 Å². The molecule has 0 amide bonds. The second-order valence-corrected chi connectivity index (χ2v) is 4.80. The fourth-order valence-corrected chi connectivity index (χ4v) is 2.59. The van der Waals surface area contributed by atoms with Crippen LogP contribution in [-0.4, -0.2) is 40.4 Å². The number of hydrogen-bond acceptors (Lipinski definition) is 5. The predicted molar refractivity (Wildman–Crippen MR) is 72.3 cm³/mol. The molecule has 1 saturated heterocycles. The Morgan fingerprint density at radius 2 is 2.32 bits per heavy atom. The number of carboxylic acids is 1. The molecule has 0 spiro atoms. The molecule has 1 unspecified atom stereocenters. The van der Waals surface area contributed by atoms with Gasteiger partial charge in [0, 0.05) is 19.2 Å². The molecule has 6 nitrogen and oxygen atoms in total. The van der Waals surface area contributed by atoms with Crippen molar-refractivity contribution in [2.24, 2.45) is 0 Å². The monoisotopic (exact) mass is 265 g/mol. The fourth-order valence-electron chi connectivity index (χ4n) is 2.59. The van der Waals surface area contributed by atoms with E-state index in [0.717, 1.165) is 25.8 Å². The van der Waals surface area contributed by atoms with Crippen LogP contribution in [0.25, 0.3) is 0 Å². The molecule has 19 heavy (non-hydrogen) atoms. The summed E-state index contributed by atoms with van der Waals surface area (Å²) in [5, 5.41) is 18.4. The summed E-state index contributed by atoms with van der Waals surface area (Å²) in [5.74, 6) is -0.567. The first kappa shape index (κ1) is 13.6. The Kier molecular flexibility index (Phi) is 4.21. The number of rotatable bonds is 4. The first-order valence-electron chi connectivity index (χ1n) is 6.49. The van der Waals surface area contributed by atoms with Crippen LogP contribution in [0, 0.1) is 0 Å². The molecule has 1 aliphatic rings. The zero-order valence-electron chi connectivity index (χ0n) is 10.7. The van der Waals surface area contributed by atoms with Gasteiger partial charge in [0.05, 0.1) is 11.9 Å². The average Bonchev–Trinajstić information content (AvgIpc) is 2.40. The summed E-state index contributed by atoms with van der Waals surface area (Å²) in [5.41, 5.74) is 6.08. The van der Waals surface area contributed by atoms with Crippen LogP contribution in [0.2, 0.25) is 0 Å². The fraction of sp³-hybridized carbons (Fsp3) is 0.538. The molecule has 2 heterocycles. The smallest absolute Gasteiger partial charge is 0.339 e. The maximum atomic E-state index is 11.3. The van der Waals surface area contributed by atoms with Gasteiger partial charge in [0.15, 0.2) is 0 Å². The summed E-state index contributed by atoms with van der Waals surface area (Å²) in [6.07, 6.45) is 5.16. The first-order chi connectivity index (χ1) is 9.13. The SMILES string of the molecule is Nc1cnc(N2CCCCC2CCO)c(C(=O)O)c1. The average molecular weight is 265 g/mol. The number of nitrogens with two attached hydrogens (primary N) is 1. The van der Waals surface area contributed by atoms with Crippen molar-refractivity contribution in [1.82, 2.24) is 4.98 Å². The van der Waals surface area contributed by atoms with E-state index in [1.807, 2.05) is 4.90 Å². The standard InChI is InChI=1S/C13H19N3O3/c14-9-7-11(13(18)19)12(15-8-9)16-5-2-1-3-10(16)4-6-17/h7-8,10,17H,1-6,14H2,(H,18,19). The Balaban J connectivity index is 2.35. The molecule has 6 heteroatoms. The number of aliphatic hydroxyl groups excluding tert-OH is 1. The third-order valence-corrected chi connectivity index (χ3v) is 3.48. The zero-order chi connectivity index (χ0) is 13.8. The van der Waals surface area contributed by atoms with Crippen molar-refractivity contribution in [3.63, 3.8) is 0 Å². The molecule has 0 radical (unpaired) electrons. The molecule has 4 N–H and O–H groups in total. The Bertz CT molecular complexity index is 462. The van der Waals surface area contributed by atoms with Crippen molar-refractivity contribution >= 4 is 17.5 Å². The minimum atomic E-state index is -1.02. The number of carboxylic acid groups (broad SMARTS) is 1. The lowest BCUT2D eigenvalue weighted by Crippen LogP contribution is -2.41. The molecule has 104 valence electrons. The molecule has 2 rings (SSSR count). The Labute approximate surface area is 111 Å². The molecular formula is C13H19N3O3. The number of nitrogens with zero attached hydrogens (tertiary/aromatic N) is 2. The van der Waals surface area contributed by atoms with E-state index in [2.05, 4.69) is 4.98 Å². The van der Waals surface area contributed by atoms with Gasteiger partial charge in [0.1, 0.15) is 11.4 Å². The van der Waals surface area contributed by atoms with Crippen molar-refractivity contribution in [3.05, 3.63) is 17.8 Å². The van der Waals surface area contributed by atoms with E-state index in [-0.39, 0.29) is 18.2 Å². The van der Waals surface area contributed by atoms with Gasteiger partial charge in [-0.05, 0) is 31.7 Å². The molecule has 1 aromatic heterocycles. The summed E-state index contributed by atoms with van der Waals surface area (Å²) in [6.45, 7) is 0.862. The minimum Gasteiger partial charge on any atom is -0.478 e. The Morgan fingerprint density at radius 3 is 3.00 bits per heavy atom. The number of aromatic carboxylic acids is 1. The number of anilines is 2. The van der Waals surface area contributed by atoms with Crippen LogP contribution in [0.15, 0.2) is 12.3 Å². The number of pyridine rings is 1. The Hall–Kier alpha value is -1.82. The Morgan fingerprint density at radius 1 is 1.53 bits per heavy atom. The lowest BCUT2D eigenvalue weighted by molar-refractivity contribution is 0.0697. The number of piperidine rings is 1. The predicted octanol–water partition coefficient (Wildman–Crippen LogP) is 1.10. The van der Waals surface area contributed by atoms with E-state index in [1.54, 1.807) is 0 Å². The summed E-state index contributed by atoms with van der Waals surface area (Å²) in [6, 6.07) is 1.59. The quantitative estimate of drug-likeness (QED) is 0.754. The van der Waals surface area contributed by atoms with Crippen molar-refractivity contribution in [2.45, 2.75) is 31.7 Å². The highest BCUT2D eigenvalue weighted by molar-refractivity contribution is 5.94. The third-order valence-electron chi connectivity index (χ3n) is 3.48. The largest absolute Gasteiger partial charge is 0.478 e. The molecule has 0 bridgehead atoms. The molecule has 1 aliphatic heterocycles. The summed E-state index contributed by atoms with van der Waals surface area (Å²) in [4.78, 5) is 17.5. The van der Waals surface area contributed by atoms with Crippen molar-refractivity contribution in [1.29, 1.82) is 0 Å². The molecular weight excluding hydrogens is 246 g/mol.